The van der Waals surface area contributed by atoms with Crippen molar-refractivity contribution in [3.05, 3.63) is 29.8 Å². The van der Waals surface area contributed by atoms with Crippen molar-refractivity contribution in [1.29, 1.82) is 0 Å². The molecule has 0 radical (unpaired) electrons. The number of nitrogens with zero attached hydrogens (tertiary/aromatic N) is 2. The highest BCUT2D eigenvalue weighted by molar-refractivity contribution is 7.89. The van der Waals surface area contributed by atoms with Gasteiger partial charge in [-0.1, -0.05) is 12.0 Å². The first-order valence-corrected chi connectivity index (χ1v) is 10.9. The van der Waals surface area contributed by atoms with Crippen molar-refractivity contribution in [1.82, 2.24) is 9.21 Å². The minimum Gasteiger partial charge on any atom is -0.384 e. The average molecular weight is 420 g/mol. The molecule has 9 heteroatoms. The van der Waals surface area contributed by atoms with Crippen molar-refractivity contribution in [3.63, 3.8) is 0 Å². The summed E-state index contributed by atoms with van der Waals surface area (Å²) < 4.78 is 33.9. The molecule has 1 aromatic carbocycles. The van der Waals surface area contributed by atoms with Crippen LogP contribution in [0.15, 0.2) is 29.2 Å². The van der Waals surface area contributed by atoms with E-state index in [4.69, 9.17) is 16.9 Å². The Bertz CT molecular complexity index is 940. The Morgan fingerprint density at radius 3 is 2.79 bits per heavy atom. The number of terminal acetylenes is 1. The third-order valence-corrected chi connectivity index (χ3v) is 7.49. The van der Waals surface area contributed by atoms with Gasteiger partial charge < -0.3 is 15.4 Å². The summed E-state index contributed by atoms with van der Waals surface area (Å²) in [5, 5.41) is 0. The van der Waals surface area contributed by atoms with Gasteiger partial charge in [0.1, 0.15) is 6.04 Å². The summed E-state index contributed by atoms with van der Waals surface area (Å²) in [5.41, 5.74) is 5.41. The van der Waals surface area contributed by atoms with Gasteiger partial charge >= 0.3 is 0 Å². The smallest absolute Gasteiger partial charge is 0.248 e. The number of nitrogens with two attached hydrogens (primary N) is 1. The summed E-state index contributed by atoms with van der Waals surface area (Å²) in [6.07, 6.45) is 7.21. The summed E-state index contributed by atoms with van der Waals surface area (Å²) in [6, 6.07) is 4.37. The first kappa shape index (κ1) is 21.3. The first-order chi connectivity index (χ1) is 13.8. The highest BCUT2D eigenvalue weighted by Crippen LogP contribution is 2.37. The molecule has 2 N–H and O–H groups in total. The van der Waals surface area contributed by atoms with E-state index >= 15 is 0 Å². The third kappa shape index (κ3) is 4.01. The molecule has 0 aliphatic carbocycles. The fourth-order valence-corrected chi connectivity index (χ4v) is 6.23. The van der Waals surface area contributed by atoms with Crippen LogP contribution in [-0.2, 0) is 19.6 Å². The van der Waals surface area contributed by atoms with E-state index < -0.39 is 28.0 Å². The van der Waals surface area contributed by atoms with Crippen LogP contribution in [0.4, 0.5) is 0 Å². The minimum atomic E-state index is -4.05. The lowest BCUT2D eigenvalue weighted by atomic mass is 9.91. The average Bonchev–Trinajstić information content (AvgIpc) is 2.77. The van der Waals surface area contributed by atoms with Gasteiger partial charge in [-0.15, -0.1) is 6.42 Å². The zero-order valence-corrected chi connectivity index (χ0v) is 17.1. The van der Waals surface area contributed by atoms with Crippen LogP contribution >= 0.6 is 0 Å². The Balaban J connectivity index is 2.10. The van der Waals surface area contributed by atoms with Gasteiger partial charge in [0.05, 0.1) is 18.0 Å². The lowest BCUT2D eigenvalue weighted by Crippen LogP contribution is -2.55. The van der Waals surface area contributed by atoms with E-state index in [1.54, 1.807) is 12.0 Å². The Hall–Kier alpha value is -2.41. The molecule has 2 fully saturated rings. The van der Waals surface area contributed by atoms with Crippen molar-refractivity contribution in [2.24, 2.45) is 11.7 Å². The third-order valence-electron chi connectivity index (χ3n) is 5.56. The molecule has 29 heavy (non-hydrogen) atoms. The summed E-state index contributed by atoms with van der Waals surface area (Å²) in [6.45, 7) is 0.762. The van der Waals surface area contributed by atoms with Crippen LogP contribution in [0.5, 0.6) is 0 Å². The lowest BCUT2D eigenvalue weighted by Gasteiger charge is -2.40. The van der Waals surface area contributed by atoms with Crippen LogP contribution in [0, 0.1) is 18.3 Å². The largest absolute Gasteiger partial charge is 0.384 e. The number of piperidine rings is 1. The summed E-state index contributed by atoms with van der Waals surface area (Å²) in [4.78, 5) is 26.2. The quantitative estimate of drug-likeness (QED) is 0.673. The number of sulfonamides is 1. The Labute approximate surface area is 171 Å². The second-order valence-electron chi connectivity index (χ2n) is 7.38. The van der Waals surface area contributed by atoms with Crippen LogP contribution in [0.2, 0.25) is 0 Å². The number of fused-ring (bicyclic) bond motifs is 2. The maximum Gasteiger partial charge on any atom is 0.248 e. The van der Waals surface area contributed by atoms with E-state index in [0.717, 1.165) is 6.42 Å². The predicted molar refractivity (Wildman–Crippen MR) is 106 cm³/mol. The predicted octanol–water partition coefficient (Wildman–Crippen LogP) is 0.435. The molecule has 2 aliphatic rings. The molecular weight excluding hydrogens is 394 g/mol. The zero-order valence-electron chi connectivity index (χ0n) is 16.3. The molecule has 0 spiro atoms. The molecule has 3 atom stereocenters. The van der Waals surface area contributed by atoms with E-state index in [2.05, 4.69) is 5.92 Å². The molecule has 2 aliphatic heterocycles. The van der Waals surface area contributed by atoms with E-state index in [9.17, 15) is 18.0 Å². The van der Waals surface area contributed by atoms with Crippen molar-refractivity contribution in [2.45, 2.75) is 36.2 Å². The van der Waals surface area contributed by atoms with Crippen molar-refractivity contribution < 1.29 is 22.7 Å². The molecule has 0 aromatic heterocycles. The standard InChI is InChI=1S/C20H25N3O5S/c1-3-10-22-12-15(13-28-2)17-8-5-9-18(20(22)25)23(17)29(26,27)16-7-4-6-14(11-16)19(21)24/h1,4,6-7,11,15,17-18H,5,8-10,12-13H2,2H3,(H2,21,24)/t15-,17-,18+/m1/s1. The van der Waals surface area contributed by atoms with E-state index in [1.807, 2.05) is 0 Å². The van der Waals surface area contributed by atoms with Gasteiger partial charge in [0.25, 0.3) is 0 Å². The maximum atomic E-state index is 13.6. The second kappa shape index (κ2) is 8.53. The number of rotatable bonds is 6. The zero-order chi connectivity index (χ0) is 21.2. The molecule has 2 bridgehead atoms. The van der Waals surface area contributed by atoms with Gasteiger partial charge in [0.2, 0.25) is 21.8 Å². The molecular formula is C20H25N3O5S. The van der Waals surface area contributed by atoms with Gasteiger partial charge in [-0.05, 0) is 37.5 Å². The maximum absolute atomic E-state index is 13.6. The van der Waals surface area contributed by atoms with E-state index in [1.165, 1.54) is 28.6 Å². The fourth-order valence-electron chi connectivity index (χ4n) is 4.30. The monoisotopic (exact) mass is 419 g/mol. The van der Waals surface area contributed by atoms with Gasteiger partial charge in [0.15, 0.2) is 0 Å². The van der Waals surface area contributed by atoms with Gasteiger partial charge in [-0.3, -0.25) is 9.59 Å². The summed E-state index contributed by atoms with van der Waals surface area (Å²) >= 11 is 0. The molecule has 3 rings (SSSR count). The molecule has 2 amide bonds. The Morgan fingerprint density at radius 2 is 2.14 bits per heavy atom. The number of carbonyl (C=O) groups excluding carboxylic acids is 2. The van der Waals surface area contributed by atoms with Gasteiger partial charge in [0, 0.05) is 31.2 Å². The van der Waals surface area contributed by atoms with Gasteiger partial charge in [-0.25, -0.2) is 8.42 Å². The Kier molecular flexibility index (Phi) is 6.27. The van der Waals surface area contributed by atoms with Crippen LogP contribution in [0.25, 0.3) is 0 Å². The van der Waals surface area contributed by atoms with Crippen LogP contribution in [0.1, 0.15) is 29.6 Å². The lowest BCUT2D eigenvalue weighted by molar-refractivity contribution is -0.134. The SMILES string of the molecule is C#CCN1C[C@H](COC)[C@H]2CCC[C@@H](C1=O)N2S(=O)(=O)c1cccc(C(N)=O)c1. The number of methoxy groups -OCH3 is 1. The molecule has 2 saturated heterocycles. The number of hydrogen-bond acceptors (Lipinski definition) is 5. The Morgan fingerprint density at radius 1 is 1.38 bits per heavy atom. The molecule has 2 heterocycles. The topological polar surface area (TPSA) is 110 Å². The summed E-state index contributed by atoms with van der Waals surface area (Å²) in [7, 11) is -2.50. The van der Waals surface area contributed by atoms with Crippen molar-refractivity contribution in [3.8, 4) is 12.3 Å². The highest BCUT2D eigenvalue weighted by atomic mass is 32.2. The number of carbonyl (C=O) groups is 2. The minimum absolute atomic E-state index is 0.0555. The van der Waals surface area contributed by atoms with E-state index in [-0.39, 0.29) is 28.8 Å². The number of primary amides is 1. The molecule has 1 aromatic rings. The number of hydrogen-bond donors (Lipinski definition) is 1. The van der Waals surface area contributed by atoms with Crippen LogP contribution in [0.3, 0.4) is 0 Å². The van der Waals surface area contributed by atoms with Crippen molar-refractivity contribution in [2.75, 3.05) is 26.8 Å². The molecule has 8 nitrogen and oxygen atoms in total. The summed E-state index contributed by atoms with van der Waals surface area (Å²) in [5.74, 6) is 1.27. The van der Waals surface area contributed by atoms with Gasteiger partial charge in [-0.2, -0.15) is 4.31 Å². The van der Waals surface area contributed by atoms with Crippen LogP contribution in [-0.4, -0.2) is 68.3 Å². The number of amides is 2. The second-order valence-corrected chi connectivity index (χ2v) is 9.22. The molecule has 0 unspecified atom stereocenters. The van der Waals surface area contributed by atoms with Crippen LogP contribution < -0.4 is 5.73 Å². The normalized spacial score (nSPS) is 25.3. The fraction of sp³-hybridized carbons (Fsp3) is 0.500. The van der Waals surface area contributed by atoms with E-state index in [0.29, 0.717) is 26.0 Å². The van der Waals surface area contributed by atoms with Crippen molar-refractivity contribution >= 4 is 21.8 Å². The first-order valence-electron chi connectivity index (χ1n) is 9.45. The number of ether oxygens (including phenoxy) is 1. The molecule has 0 saturated carbocycles. The number of benzene rings is 1. The molecule has 156 valence electrons. The highest BCUT2D eigenvalue weighted by Gasteiger charge is 2.49.